The standard InChI is InChI=1S/C20H29N5O/c1-3-21-20(25-11-9-18(15-25)16-26-2)23-13-19-22-10-12-24(19)14-17-7-5-4-6-8-17/h4-8,10,12,18H,3,9,11,13-16H2,1-2H3,(H,21,23). The number of ether oxygens (including phenoxy) is 1. The van der Waals surface area contributed by atoms with Crippen LogP contribution in [0.25, 0.3) is 0 Å². The summed E-state index contributed by atoms with van der Waals surface area (Å²) < 4.78 is 7.47. The molecule has 2 aromatic rings. The topological polar surface area (TPSA) is 54.7 Å². The Balaban J connectivity index is 1.66. The number of aliphatic imine (C=N–C) groups is 1. The van der Waals surface area contributed by atoms with Crippen molar-refractivity contribution in [2.24, 2.45) is 10.9 Å². The van der Waals surface area contributed by atoms with Gasteiger partial charge in [-0.1, -0.05) is 30.3 Å². The van der Waals surface area contributed by atoms with Gasteiger partial charge in [0.05, 0.1) is 6.61 Å². The summed E-state index contributed by atoms with van der Waals surface area (Å²) in [6.45, 7) is 7.21. The lowest BCUT2D eigenvalue weighted by molar-refractivity contribution is 0.157. The molecule has 0 amide bonds. The van der Waals surface area contributed by atoms with E-state index in [2.05, 4.69) is 51.0 Å². The van der Waals surface area contributed by atoms with Gasteiger partial charge in [0.25, 0.3) is 0 Å². The van der Waals surface area contributed by atoms with Gasteiger partial charge in [0.15, 0.2) is 5.96 Å². The van der Waals surface area contributed by atoms with Gasteiger partial charge in [0.1, 0.15) is 12.4 Å². The van der Waals surface area contributed by atoms with Gasteiger partial charge in [-0.3, -0.25) is 0 Å². The number of aromatic nitrogens is 2. The highest BCUT2D eigenvalue weighted by molar-refractivity contribution is 5.80. The Morgan fingerprint density at radius 1 is 1.35 bits per heavy atom. The van der Waals surface area contributed by atoms with E-state index in [0.717, 1.165) is 51.0 Å². The summed E-state index contributed by atoms with van der Waals surface area (Å²) in [6.07, 6.45) is 5.03. The van der Waals surface area contributed by atoms with Crippen LogP contribution < -0.4 is 5.32 Å². The molecule has 26 heavy (non-hydrogen) atoms. The molecule has 1 unspecified atom stereocenters. The number of imidazole rings is 1. The third kappa shape index (κ3) is 4.85. The Morgan fingerprint density at radius 2 is 2.19 bits per heavy atom. The molecule has 6 heteroatoms. The van der Waals surface area contributed by atoms with Crippen molar-refractivity contribution >= 4 is 5.96 Å². The minimum atomic E-state index is 0.577. The smallest absolute Gasteiger partial charge is 0.194 e. The van der Waals surface area contributed by atoms with E-state index in [9.17, 15) is 0 Å². The Kier molecular flexibility index (Phi) is 6.66. The Morgan fingerprint density at radius 3 is 2.96 bits per heavy atom. The molecule has 1 N–H and O–H groups in total. The minimum Gasteiger partial charge on any atom is -0.384 e. The highest BCUT2D eigenvalue weighted by Gasteiger charge is 2.24. The summed E-state index contributed by atoms with van der Waals surface area (Å²) >= 11 is 0. The van der Waals surface area contributed by atoms with Crippen molar-refractivity contribution in [1.29, 1.82) is 0 Å². The lowest BCUT2D eigenvalue weighted by Gasteiger charge is -2.21. The van der Waals surface area contributed by atoms with E-state index in [-0.39, 0.29) is 0 Å². The van der Waals surface area contributed by atoms with Crippen LogP contribution >= 0.6 is 0 Å². The SMILES string of the molecule is CCNC(=NCc1nccn1Cc1ccccc1)N1CCC(COC)C1. The fraction of sp³-hybridized carbons (Fsp3) is 0.500. The highest BCUT2D eigenvalue weighted by atomic mass is 16.5. The quantitative estimate of drug-likeness (QED) is 0.612. The number of benzene rings is 1. The van der Waals surface area contributed by atoms with Crippen LogP contribution in [0.4, 0.5) is 0 Å². The molecule has 140 valence electrons. The van der Waals surface area contributed by atoms with Gasteiger partial charge in [-0.25, -0.2) is 9.98 Å². The first-order valence-electron chi connectivity index (χ1n) is 9.36. The molecule has 1 aromatic carbocycles. The number of nitrogens with one attached hydrogen (secondary N) is 1. The normalized spacial score (nSPS) is 17.7. The number of likely N-dealkylation sites (tertiary alicyclic amines) is 1. The molecular weight excluding hydrogens is 326 g/mol. The third-order valence-corrected chi connectivity index (χ3v) is 4.69. The van der Waals surface area contributed by atoms with E-state index < -0.39 is 0 Å². The molecule has 2 heterocycles. The molecule has 0 radical (unpaired) electrons. The van der Waals surface area contributed by atoms with Crippen LogP contribution in [-0.2, 0) is 17.8 Å². The zero-order chi connectivity index (χ0) is 18.2. The molecule has 1 aliphatic heterocycles. The summed E-state index contributed by atoms with van der Waals surface area (Å²) in [5, 5.41) is 3.42. The summed E-state index contributed by atoms with van der Waals surface area (Å²) in [5.41, 5.74) is 1.27. The van der Waals surface area contributed by atoms with Crippen molar-refractivity contribution in [3.63, 3.8) is 0 Å². The number of rotatable bonds is 7. The Hall–Kier alpha value is -2.34. The maximum atomic E-state index is 5.30. The molecule has 1 saturated heterocycles. The largest absolute Gasteiger partial charge is 0.384 e. The Labute approximate surface area is 155 Å². The predicted molar refractivity (Wildman–Crippen MR) is 104 cm³/mol. The van der Waals surface area contributed by atoms with Crippen LogP contribution in [0.3, 0.4) is 0 Å². The second-order valence-corrected chi connectivity index (χ2v) is 6.68. The predicted octanol–water partition coefficient (Wildman–Crippen LogP) is 2.37. The van der Waals surface area contributed by atoms with Gasteiger partial charge in [-0.05, 0) is 18.9 Å². The zero-order valence-electron chi connectivity index (χ0n) is 15.8. The second-order valence-electron chi connectivity index (χ2n) is 6.68. The number of nitrogens with zero attached hydrogens (tertiary/aromatic N) is 4. The van der Waals surface area contributed by atoms with Crippen LogP contribution in [0.5, 0.6) is 0 Å². The molecule has 0 spiro atoms. The minimum absolute atomic E-state index is 0.577. The van der Waals surface area contributed by atoms with E-state index in [4.69, 9.17) is 9.73 Å². The van der Waals surface area contributed by atoms with Crippen LogP contribution in [-0.4, -0.2) is 53.8 Å². The molecule has 0 saturated carbocycles. The lowest BCUT2D eigenvalue weighted by atomic mass is 10.1. The summed E-state index contributed by atoms with van der Waals surface area (Å²) in [5.74, 6) is 2.54. The van der Waals surface area contributed by atoms with Crippen molar-refractivity contribution in [3.05, 3.63) is 54.1 Å². The third-order valence-electron chi connectivity index (χ3n) is 4.69. The van der Waals surface area contributed by atoms with Crippen molar-refractivity contribution in [3.8, 4) is 0 Å². The fourth-order valence-corrected chi connectivity index (χ4v) is 3.38. The van der Waals surface area contributed by atoms with Gasteiger partial charge >= 0.3 is 0 Å². The zero-order valence-corrected chi connectivity index (χ0v) is 15.8. The summed E-state index contributed by atoms with van der Waals surface area (Å²) in [7, 11) is 1.77. The van der Waals surface area contributed by atoms with Gasteiger partial charge in [-0.15, -0.1) is 0 Å². The number of hydrogen-bond donors (Lipinski definition) is 1. The number of hydrogen-bond acceptors (Lipinski definition) is 3. The van der Waals surface area contributed by atoms with E-state index in [1.165, 1.54) is 5.56 Å². The van der Waals surface area contributed by atoms with Gasteiger partial charge in [0, 0.05) is 51.6 Å². The van der Waals surface area contributed by atoms with Crippen molar-refractivity contribution in [2.75, 3.05) is 33.4 Å². The number of methoxy groups -OCH3 is 1. The van der Waals surface area contributed by atoms with Crippen LogP contribution in [0.2, 0.25) is 0 Å². The summed E-state index contributed by atoms with van der Waals surface area (Å²) in [4.78, 5) is 11.7. The molecule has 1 atom stereocenters. The molecule has 0 bridgehead atoms. The van der Waals surface area contributed by atoms with E-state index >= 15 is 0 Å². The van der Waals surface area contributed by atoms with Crippen molar-refractivity contribution < 1.29 is 4.74 Å². The van der Waals surface area contributed by atoms with E-state index in [1.54, 1.807) is 7.11 Å². The maximum Gasteiger partial charge on any atom is 0.194 e. The molecule has 1 aliphatic rings. The first kappa shape index (κ1) is 18.5. The fourth-order valence-electron chi connectivity index (χ4n) is 3.38. The molecule has 3 rings (SSSR count). The second kappa shape index (κ2) is 9.38. The van der Waals surface area contributed by atoms with Crippen molar-refractivity contribution in [1.82, 2.24) is 19.8 Å². The number of guanidine groups is 1. The highest BCUT2D eigenvalue weighted by Crippen LogP contribution is 2.16. The van der Waals surface area contributed by atoms with Crippen LogP contribution in [0, 0.1) is 5.92 Å². The van der Waals surface area contributed by atoms with Crippen LogP contribution in [0.1, 0.15) is 24.7 Å². The van der Waals surface area contributed by atoms with E-state index in [1.807, 2.05) is 18.5 Å². The molecule has 6 nitrogen and oxygen atoms in total. The monoisotopic (exact) mass is 355 g/mol. The summed E-state index contributed by atoms with van der Waals surface area (Å²) in [6, 6.07) is 10.4. The van der Waals surface area contributed by atoms with Gasteiger partial charge in [0.2, 0.25) is 0 Å². The van der Waals surface area contributed by atoms with Gasteiger partial charge < -0.3 is 19.5 Å². The first-order valence-corrected chi connectivity index (χ1v) is 9.36. The first-order chi connectivity index (χ1) is 12.8. The average molecular weight is 355 g/mol. The van der Waals surface area contributed by atoms with Gasteiger partial charge in [-0.2, -0.15) is 0 Å². The Bertz CT molecular complexity index is 697. The molecular formula is C20H29N5O. The lowest BCUT2D eigenvalue weighted by Crippen LogP contribution is -2.40. The van der Waals surface area contributed by atoms with E-state index in [0.29, 0.717) is 12.5 Å². The molecule has 1 fully saturated rings. The molecule has 1 aromatic heterocycles. The van der Waals surface area contributed by atoms with Crippen molar-refractivity contribution in [2.45, 2.75) is 26.4 Å². The maximum absolute atomic E-state index is 5.30. The van der Waals surface area contributed by atoms with Crippen LogP contribution in [0.15, 0.2) is 47.7 Å². The average Bonchev–Trinajstić information content (AvgIpc) is 3.30. The molecule has 0 aliphatic carbocycles.